The second-order valence-corrected chi connectivity index (χ2v) is 5.94. The molecular formula is C17H28N2O. The van der Waals surface area contributed by atoms with Gasteiger partial charge >= 0.3 is 0 Å². The molecule has 0 amide bonds. The van der Waals surface area contributed by atoms with Crippen molar-refractivity contribution in [1.82, 2.24) is 4.90 Å². The first kappa shape index (κ1) is 15.5. The van der Waals surface area contributed by atoms with Gasteiger partial charge in [-0.05, 0) is 38.8 Å². The van der Waals surface area contributed by atoms with Gasteiger partial charge in [0.15, 0.2) is 0 Å². The van der Waals surface area contributed by atoms with E-state index < -0.39 is 0 Å². The average Bonchev–Trinajstić information content (AvgIpc) is 2.50. The summed E-state index contributed by atoms with van der Waals surface area (Å²) >= 11 is 0. The lowest BCUT2D eigenvalue weighted by molar-refractivity contribution is 0.0233. The zero-order valence-corrected chi connectivity index (χ0v) is 13.0. The van der Waals surface area contributed by atoms with Gasteiger partial charge in [0, 0.05) is 31.3 Å². The summed E-state index contributed by atoms with van der Waals surface area (Å²) in [7, 11) is 2.22. The summed E-state index contributed by atoms with van der Waals surface area (Å²) in [6.45, 7) is 6.04. The van der Waals surface area contributed by atoms with Gasteiger partial charge in [-0.1, -0.05) is 36.8 Å². The third-order valence-electron chi connectivity index (χ3n) is 4.50. The molecule has 2 N–H and O–H groups in total. The molecule has 0 saturated carbocycles. The van der Waals surface area contributed by atoms with Crippen LogP contribution >= 0.6 is 0 Å². The minimum absolute atomic E-state index is 0.172. The molecule has 1 aromatic carbocycles. The van der Waals surface area contributed by atoms with Crippen molar-refractivity contribution < 1.29 is 4.74 Å². The van der Waals surface area contributed by atoms with Gasteiger partial charge in [0.1, 0.15) is 0 Å². The molecule has 0 radical (unpaired) electrons. The monoisotopic (exact) mass is 276 g/mol. The van der Waals surface area contributed by atoms with E-state index in [1.54, 1.807) is 0 Å². The lowest BCUT2D eigenvalue weighted by Gasteiger charge is -2.40. The van der Waals surface area contributed by atoms with Crippen molar-refractivity contribution in [2.75, 3.05) is 20.3 Å². The van der Waals surface area contributed by atoms with Crippen LogP contribution in [0.3, 0.4) is 0 Å². The van der Waals surface area contributed by atoms with E-state index in [4.69, 9.17) is 10.5 Å². The number of rotatable bonds is 5. The third kappa shape index (κ3) is 3.60. The van der Waals surface area contributed by atoms with Crippen molar-refractivity contribution in [2.24, 2.45) is 5.73 Å². The van der Waals surface area contributed by atoms with Crippen molar-refractivity contribution in [3.8, 4) is 0 Å². The van der Waals surface area contributed by atoms with E-state index in [1.165, 1.54) is 11.1 Å². The Hall–Kier alpha value is -0.900. The second kappa shape index (κ2) is 7.21. The van der Waals surface area contributed by atoms with Crippen LogP contribution in [0.2, 0.25) is 0 Å². The molecule has 1 fully saturated rings. The Morgan fingerprint density at radius 2 is 1.85 bits per heavy atom. The quantitative estimate of drug-likeness (QED) is 0.898. The molecule has 0 aliphatic carbocycles. The Morgan fingerprint density at radius 1 is 1.25 bits per heavy atom. The zero-order chi connectivity index (χ0) is 14.5. The van der Waals surface area contributed by atoms with Crippen LogP contribution in [0, 0.1) is 6.92 Å². The highest BCUT2D eigenvalue weighted by Crippen LogP contribution is 2.29. The molecule has 1 saturated heterocycles. The first-order valence-electron chi connectivity index (χ1n) is 7.75. The molecular weight excluding hydrogens is 248 g/mol. The minimum atomic E-state index is 0.172. The maximum atomic E-state index is 6.42. The van der Waals surface area contributed by atoms with Crippen molar-refractivity contribution in [2.45, 2.75) is 51.2 Å². The van der Waals surface area contributed by atoms with Crippen LogP contribution in [0.4, 0.5) is 0 Å². The van der Waals surface area contributed by atoms with E-state index in [2.05, 4.69) is 50.1 Å². The van der Waals surface area contributed by atoms with Crippen molar-refractivity contribution >= 4 is 0 Å². The summed E-state index contributed by atoms with van der Waals surface area (Å²) in [6, 6.07) is 9.86. The van der Waals surface area contributed by atoms with Gasteiger partial charge in [0.2, 0.25) is 0 Å². The Morgan fingerprint density at radius 3 is 2.40 bits per heavy atom. The highest BCUT2D eigenvalue weighted by Gasteiger charge is 2.29. The smallest absolute Gasteiger partial charge is 0.0498 e. The summed E-state index contributed by atoms with van der Waals surface area (Å²) < 4.78 is 5.48. The molecule has 3 heteroatoms. The SMILES string of the molecule is CCC(N)C(c1ccc(C)cc1)N(C)C1CCOCC1. The van der Waals surface area contributed by atoms with Gasteiger partial charge < -0.3 is 10.5 Å². The fourth-order valence-electron chi connectivity index (χ4n) is 3.09. The van der Waals surface area contributed by atoms with Crippen molar-refractivity contribution in [3.63, 3.8) is 0 Å². The van der Waals surface area contributed by atoms with Gasteiger partial charge in [-0.3, -0.25) is 4.90 Å². The van der Waals surface area contributed by atoms with E-state index in [0.29, 0.717) is 12.1 Å². The van der Waals surface area contributed by atoms with Gasteiger partial charge in [-0.25, -0.2) is 0 Å². The highest BCUT2D eigenvalue weighted by molar-refractivity contribution is 5.25. The van der Waals surface area contributed by atoms with E-state index in [9.17, 15) is 0 Å². The van der Waals surface area contributed by atoms with E-state index in [-0.39, 0.29) is 6.04 Å². The standard InChI is InChI=1S/C17H28N2O/c1-4-16(18)17(14-7-5-13(2)6-8-14)19(3)15-9-11-20-12-10-15/h5-8,15-17H,4,9-12,18H2,1-3H3. The first-order valence-corrected chi connectivity index (χ1v) is 7.75. The molecule has 0 aromatic heterocycles. The maximum Gasteiger partial charge on any atom is 0.0498 e. The molecule has 2 unspecified atom stereocenters. The lowest BCUT2D eigenvalue weighted by atomic mass is 9.93. The predicted molar refractivity (Wildman–Crippen MR) is 83.8 cm³/mol. The summed E-state index contributed by atoms with van der Waals surface area (Å²) in [4.78, 5) is 2.47. The number of likely N-dealkylation sites (N-methyl/N-ethyl adjacent to an activating group) is 1. The van der Waals surface area contributed by atoms with Gasteiger partial charge in [0.25, 0.3) is 0 Å². The molecule has 1 aliphatic heterocycles. The number of ether oxygens (including phenoxy) is 1. The lowest BCUT2D eigenvalue weighted by Crippen LogP contribution is -2.45. The summed E-state index contributed by atoms with van der Waals surface area (Å²) in [5.74, 6) is 0. The normalized spacial score (nSPS) is 20.1. The van der Waals surface area contributed by atoms with Crippen LogP contribution in [-0.2, 0) is 4.74 Å². The maximum absolute atomic E-state index is 6.42. The third-order valence-corrected chi connectivity index (χ3v) is 4.50. The Kier molecular flexibility index (Phi) is 5.58. The molecule has 20 heavy (non-hydrogen) atoms. The van der Waals surface area contributed by atoms with Crippen LogP contribution in [0.25, 0.3) is 0 Å². The number of aryl methyl sites for hydroxylation is 1. The van der Waals surface area contributed by atoms with Crippen molar-refractivity contribution in [1.29, 1.82) is 0 Å². The van der Waals surface area contributed by atoms with Gasteiger partial charge in [-0.2, -0.15) is 0 Å². The number of nitrogens with zero attached hydrogens (tertiary/aromatic N) is 1. The number of hydrogen-bond donors (Lipinski definition) is 1. The largest absolute Gasteiger partial charge is 0.381 e. The molecule has 2 rings (SSSR count). The fourth-order valence-corrected chi connectivity index (χ4v) is 3.09. The Balaban J connectivity index is 2.19. The fraction of sp³-hybridized carbons (Fsp3) is 0.647. The predicted octanol–water partition coefficient (Wildman–Crippen LogP) is 2.88. The zero-order valence-electron chi connectivity index (χ0n) is 13.0. The van der Waals surface area contributed by atoms with E-state index in [0.717, 1.165) is 32.5 Å². The summed E-state index contributed by atoms with van der Waals surface area (Å²) in [5, 5.41) is 0. The molecule has 1 aliphatic rings. The molecule has 112 valence electrons. The summed E-state index contributed by atoms with van der Waals surface area (Å²) in [5.41, 5.74) is 9.05. The topological polar surface area (TPSA) is 38.5 Å². The molecule has 3 nitrogen and oxygen atoms in total. The Labute approximate surface area is 123 Å². The van der Waals surface area contributed by atoms with Crippen LogP contribution in [-0.4, -0.2) is 37.2 Å². The number of nitrogens with two attached hydrogens (primary N) is 1. The van der Waals surface area contributed by atoms with Crippen LogP contribution in [0.1, 0.15) is 43.4 Å². The van der Waals surface area contributed by atoms with Crippen LogP contribution in [0.5, 0.6) is 0 Å². The number of hydrogen-bond acceptors (Lipinski definition) is 3. The van der Waals surface area contributed by atoms with Gasteiger partial charge in [0.05, 0.1) is 0 Å². The molecule has 1 aromatic rings. The van der Waals surface area contributed by atoms with Crippen LogP contribution in [0.15, 0.2) is 24.3 Å². The van der Waals surface area contributed by atoms with Crippen LogP contribution < -0.4 is 5.73 Å². The molecule has 0 spiro atoms. The molecule has 1 heterocycles. The Bertz CT molecular complexity index is 398. The van der Waals surface area contributed by atoms with E-state index in [1.807, 2.05) is 0 Å². The minimum Gasteiger partial charge on any atom is -0.381 e. The first-order chi connectivity index (χ1) is 9.63. The van der Waals surface area contributed by atoms with Gasteiger partial charge in [-0.15, -0.1) is 0 Å². The average molecular weight is 276 g/mol. The second-order valence-electron chi connectivity index (χ2n) is 5.94. The molecule has 0 bridgehead atoms. The molecule has 2 atom stereocenters. The number of benzene rings is 1. The summed E-state index contributed by atoms with van der Waals surface area (Å²) in [6.07, 6.45) is 3.21. The van der Waals surface area contributed by atoms with Crippen molar-refractivity contribution in [3.05, 3.63) is 35.4 Å². The van der Waals surface area contributed by atoms with E-state index >= 15 is 0 Å². The highest BCUT2D eigenvalue weighted by atomic mass is 16.5.